The molecule has 1 aromatic heterocycles. The molecule has 2 atom stereocenters. The first-order chi connectivity index (χ1) is 8.00. The minimum Gasteiger partial charge on any atom is -0.481 e. The fraction of sp³-hybridized carbons (Fsp3) is 0.500. The summed E-state index contributed by atoms with van der Waals surface area (Å²) < 4.78 is 0.927. The third-order valence-electron chi connectivity index (χ3n) is 3.27. The Labute approximate surface area is 112 Å². The maximum atomic E-state index is 12.3. The second-order valence-electron chi connectivity index (χ2n) is 4.36. The molecule has 1 saturated carbocycles. The summed E-state index contributed by atoms with van der Waals surface area (Å²) in [6, 6.07) is 1.81. The van der Waals surface area contributed by atoms with Gasteiger partial charge in [-0.2, -0.15) is 0 Å². The SMILES string of the molecule is Cc1sc(C(=O)C2CCCC2C(=O)O)cc1Br. The number of hydrogen-bond donors (Lipinski definition) is 1. The number of Topliss-reactive ketones (excluding diaryl/α,β-unsaturated/α-hetero) is 1. The van der Waals surface area contributed by atoms with Crippen molar-refractivity contribution in [2.45, 2.75) is 26.2 Å². The van der Waals surface area contributed by atoms with Gasteiger partial charge in [0.25, 0.3) is 0 Å². The predicted octanol–water partition coefficient (Wildman–Crippen LogP) is 3.50. The van der Waals surface area contributed by atoms with E-state index in [1.54, 1.807) is 6.07 Å². The smallest absolute Gasteiger partial charge is 0.307 e. The van der Waals surface area contributed by atoms with E-state index < -0.39 is 11.9 Å². The number of ketones is 1. The molecule has 0 saturated heterocycles. The Hall–Kier alpha value is -0.680. The zero-order valence-corrected chi connectivity index (χ0v) is 11.8. The first kappa shape index (κ1) is 12.8. The van der Waals surface area contributed by atoms with Crippen LogP contribution in [-0.4, -0.2) is 16.9 Å². The van der Waals surface area contributed by atoms with Crippen molar-refractivity contribution in [3.05, 3.63) is 20.3 Å². The van der Waals surface area contributed by atoms with Crippen molar-refractivity contribution < 1.29 is 14.7 Å². The maximum absolute atomic E-state index is 12.3. The Morgan fingerprint density at radius 1 is 1.41 bits per heavy atom. The van der Waals surface area contributed by atoms with Crippen LogP contribution in [0.1, 0.15) is 33.8 Å². The Balaban J connectivity index is 2.22. The Morgan fingerprint density at radius 2 is 2.06 bits per heavy atom. The van der Waals surface area contributed by atoms with Gasteiger partial charge in [-0.1, -0.05) is 6.42 Å². The summed E-state index contributed by atoms with van der Waals surface area (Å²) in [5.74, 6) is -1.68. The van der Waals surface area contributed by atoms with E-state index in [-0.39, 0.29) is 11.7 Å². The van der Waals surface area contributed by atoms with Crippen molar-refractivity contribution in [2.24, 2.45) is 11.8 Å². The molecule has 17 heavy (non-hydrogen) atoms. The number of carboxylic acids is 1. The summed E-state index contributed by atoms with van der Waals surface area (Å²) in [6.45, 7) is 1.94. The van der Waals surface area contributed by atoms with Crippen molar-refractivity contribution in [2.75, 3.05) is 0 Å². The Kier molecular flexibility index (Phi) is 3.68. The van der Waals surface area contributed by atoms with E-state index in [9.17, 15) is 9.59 Å². The molecular formula is C12H13BrO3S. The molecular weight excluding hydrogens is 304 g/mol. The number of halogens is 1. The third-order valence-corrected chi connectivity index (χ3v) is 5.42. The van der Waals surface area contributed by atoms with Gasteiger partial charge in [-0.3, -0.25) is 9.59 Å². The molecule has 0 bridgehead atoms. The van der Waals surface area contributed by atoms with E-state index in [0.29, 0.717) is 17.7 Å². The summed E-state index contributed by atoms with van der Waals surface area (Å²) in [7, 11) is 0. The van der Waals surface area contributed by atoms with Gasteiger partial charge < -0.3 is 5.11 Å². The highest BCUT2D eigenvalue weighted by Gasteiger charge is 2.38. The highest BCUT2D eigenvalue weighted by atomic mass is 79.9. The lowest BCUT2D eigenvalue weighted by Gasteiger charge is -2.12. The average molecular weight is 317 g/mol. The molecule has 1 fully saturated rings. The van der Waals surface area contributed by atoms with Gasteiger partial charge in [-0.15, -0.1) is 11.3 Å². The fourth-order valence-corrected chi connectivity index (χ4v) is 3.87. The monoisotopic (exact) mass is 316 g/mol. The lowest BCUT2D eigenvalue weighted by atomic mass is 9.91. The van der Waals surface area contributed by atoms with Gasteiger partial charge in [0.15, 0.2) is 5.78 Å². The van der Waals surface area contributed by atoms with Gasteiger partial charge in [0, 0.05) is 15.3 Å². The molecule has 5 heteroatoms. The van der Waals surface area contributed by atoms with Gasteiger partial charge in [-0.25, -0.2) is 0 Å². The number of carbonyl (C=O) groups excluding carboxylic acids is 1. The molecule has 0 aliphatic heterocycles. The number of rotatable bonds is 3. The fourth-order valence-electron chi connectivity index (χ4n) is 2.33. The lowest BCUT2D eigenvalue weighted by Crippen LogP contribution is -2.24. The highest BCUT2D eigenvalue weighted by molar-refractivity contribution is 9.10. The van der Waals surface area contributed by atoms with Gasteiger partial charge in [0.2, 0.25) is 0 Å². The predicted molar refractivity (Wildman–Crippen MR) is 69.6 cm³/mol. The summed E-state index contributed by atoms with van der Waals surface area (Å²) in [5, 5.41) is 9.08. The summed E-state index contributed by atoms with van der Waals surface area (Å²) in [5.41, 5.74) is 0. The number of carbonyl (C=O) groups is 2. The molecule has 3 nitrogen and oxygen atoms in total. The largest absolute Gasteiger partial charge is 0.481 e. The zero-order valence-electron chi connectivity index (χ0n) is 9.40. The highest BCUT2D eigenvalue weighted by Crippen LogP contribution is 2.37. The van der Waals surface area contributed by atoms with Crippen LogP contribution in [0.4, 0.5) is 0 Å². The molecule has 1 aliphatic rings. The number of carboxylic acid groups (broad SMARTS) is 1. The molecule has 0 aromatic carbocycles. The minimum atomic E-state index is -0.840. The van der Waals surface area contributed by atoms with Crippen LogP contribution in [0.25, 0.3) is 0 Å². The van der Waals surface area contributed by atoms with Gasteiger partial charge >= 0.3 is 5.97 Å². The van der Waals surface area contributed by atoms with E-state index in [4.69, 9.17) is 5.11 Å². The maximum Gasteiger partial charge on any atom is 0.307 e. The number of thiophene rings is 1. The van der Waals surface area contributed by atoms with Crippen LogP contribution in [0, 0.1) is 18.8 Å². The van der Waals surface area contributed by atoms with Crippen LogP contribution < -0.4 is 0 Å². The van der Waals surface area contributed by atoms with Crippen LogP contribution >= 0.6 is 27.3 Å². The van der Waals surface area contributed by atoms with Gasteiger partial charge in [0.05, 0.1) is 10.8 Å². The van der Waals surface area contributed by atoms with Crippen LogP contribution in [0.5, 0.6) is 0 Å². The third kappa shape index (κ3) is 2.45. The summed E-state index contributed by atoms with van der Waals surface area (Å²) in [4.78, 5) is 25.0. The molecule has 92 valence electrons. The normalized spacial score (nSPS) is 23.9. The molecule has 0 radical (unpaired) electrons. The van der Waals surface area contributed by atoms with E-state index in [1.807, 2.05) is 6.92 Å². The van der Waals surface area contributed by atoms with Crippen molar-refractivity contribution in [3.63, 3.8) is 0 Å². The lowest BCUT2D eigenvalue weighted by molar-refractivity contribution is -0.142. The second kappa shape index (κ2) is 4.90. The zero-order chi connectivity index (χ0) is 12.6. The van der Waals surface area contributed by atoms with E-state index in [2.05, 4.69) is 15.9 Å². The van der Waals surface area contributed by atoms with Crippen molar-refractivity contribution >= 4 is 39.0 Å². The standard InChI is InChI=1S/C12H13BrO3S/c1-6-9(13)5-10(17-6)11(14)7-3-2-4-8(7)12(15)16/h5,7-8H,2-4H2,1H3,(H,15,16). The molecule has 1 N–H and O–H groups in total. The van der Waals surface area contributed by atoms with Crippen molar-refractivity contribution in [3.8, 4) is 0 Å². The number of aryl methyl sites for hydroxylation is 1. The molecule has 1 aliphatic carbocycles. The van der Waals surface area contributed by atoms with Crippen LogP contribution in [0.3, 0.4) is 0 Å². The van der Waals surface area contributed by atoms with Crippen molar-refractivity contribution in [1.29, 1.82) is 0 Å². The van der Waals surface area contributed by atoms with Gasteiger partial charge in [0.1, 0.15) is 0 Å². The Bertz CT molecular complexity index is 447. The van der Waals surface area contributed by atoms with E-state index >= 15 is 0 Å². The van der Waals surface area contributed by atoms with Crippen LogP contribution in [0.2, 0.25) is 0 Å². The van der Waals surface area contributed by atoms with Crippen LogP contribution in [-0.2, 0) is 4.79 Å². The quantitative estimate of drug-likeness (QED) is 0.868. The molecule has 2 unspecified atom stereocenters. The molecule has 1 aromatic rings. The minimum absolute atomic E-state index is 0.00583. The summed E-state index contributed by atoms with van der Waals surface area (Å²) >= 11 is 4.81. The Morgan fingerprint density at radius 3 is 2.59 bits per heavy atom. The average Bonchev–Trinajstić information content (AvgIpc) is 2.85. The van der Waals surface area contributed by atoms with Crippen molar-refractivity contribution in [1.82, 2.24) is 0 Å². The number of aliphatic carboxylic acids is 1. The number of hydrogen-bond acceptors (Lipinski definition) is 3. The molecule has 0 spiro atoms. The van der Waals surface area contributed by atoms with Crippen LogP contribution in [0.15, 0.2) is 10.5 Å². The van der Waals surface area contributed by atoms with Gasteiger partial charge in [-0.05, 0) is 41.8 Å². The molecule has 1 heterocycles. The first-order valence-corrected chi connectivity index (χ1v) is 7.14. The van der Waals surface area contributed by atoms with E-state index in [0.717, 1.165) is 15.8 Å². The first-order valence-electron chi connectivity index (χ1n) is 5.53. The summed E-state index contributed by atoms with van der Waals surface area (Å²) in [6.07, 6.45) is 2.15. The topological polar surface area (TPSA) is 54.4 Å². The van der Waals surface area contributed by atoms with E-state index in [1.165, 1.54) is 11.3 Å². The molecule has 0 amide bonds. The molecule has 2 rings (SSSR count). The second-order valence-corrected chi connectivity index (χ2v) is 6.47.